The van der Waals surface area contributed by atoms with Crippen molar-refractivity contribution in [3.8, 4) is 5.75 Å². The first-order chi connectivity index (χ1) is 7.74. The molecule has 1 aromatic carbocycles. The van der Waals surface area contributed by atoms with E-state index in [1.54, 1.807) is 24.3 Å². The van der Waals surface area contributed by atoms with Crippen LogP contribution in [0.2, 0.25) is 0 Å². The van der Waals surface area contributed by atoms with E-state index in [1.165, 1.54) is 0 Å². The van der Waals surface area contributed by atoms with Crippen molar-refractivity contribution in [3.63, 3.8) is 0 Å². The van der Waals surface area contributed by atoms with Crippen molar-refractivity contribution in [2.45, 2.75) is 25.4 Å². The molecular formula is C12H15NO3. The lowest BCUT2D eigenvalue weighted by Gasteiger charge is -2.22. The topological polar surface area (TPSA) is 61.5 Å². The zero-order valence-corrected chi connectivity index (χ0v) is 9.02. The van der Waals surface area contributed by atoms with Crippen LogP contribution in [0.4, 0.5) is 5.69 Å². The Balaban J connectivity index is 1.82. The molecule has 16 heavy (non-hydrogen) atoms. The van der Waals surface area contributed by atoms with E-state index < -0.39 is 0 Å². The van der Waals surface area contributed by atoms with E-state index >= 15 is 0 Å². The number of nitrogens with two attached hydrogens (primary N) is 1. The van der Waals surface area contributed by atoms with E-state index in [1.807, 2.05) is 0 Å². The molecular weight excluding hydrogens is 206 g/mol. The van der Waals surface area contributed by atoms with Crippen LogP contribution in [0.5, 0.6) is 5.75 Å². The maximum Gasteiger partial charge on any atom is 0.306 e. The highest BCUT2D eigenvalue weighted by atomic mass is 16.6. The summed E-state index contributed by atoms with van der Waals surface area (Å²) in [6.07, 6.45) is 2.17. The van der Waals surface area contributed by atoms with Gasteiger partial charge in [-0.05, 0) is 37.1 Å². The molecule has 0 spiro atoms. The molecule has 1 heterocycles. The van der Waals surface area contributed by atoms with Gasteiger partial charge in [-0.1, -0.05) is 0 Å². The van der Waals surface area contributed by atoms with Gasteiger partial charge in [0.1, 0.15) is 18.5 Å². The van der Waals surface area contributed by atoms with E-state index in [2.05, 4.69) is 0 Å². The van der Waals surface area contributed by atoms with Gasteiger partial charge in [-0.3, -0.25) is 4.79 Å². The highest BCUT2D eigenvalue weighted by Gasteiger charge is 2.20. The molecule has 0 aromatic heterocycles. The molecule has 1 aromatic rings. The molecule has 2 rings (SSSR count). The molecule has 1 unspecified atom stereocenters. The number of nitrogen functional groups attached to an aromatic ring is 1. The second kappa shape index (κ2) is 4.88. The summed E-state index contributed by atoms with van der Waals surface area (Å²) in [5, 5.41) is 0. The first-order valence-electron chi connectivity index (χ1n) is 5.42. The van der Waals surface area contributed by atoms with Crippen molar-refractivity contribution in [1.29, 1.82) is 0 Å². The zero-order valence-electron chi connectivity index (χ0n) is 9.02. The molecule has 2 N–H and O–H groups in total. The van der Waals surface area contributed by atoms with Crippen LogP contribution >= 0.6 is 0 Å². The third-order valence-electron chi connectivity index (χ3n) is 2.52. The number of hydrogen-bond acceptors (Lipinski definition) is 4. The number of ether oxygens (including phenoxy) is 2. The number of carbonyl (C=O) groups excluding carboxylic acids is 1. The Labute approximate surface area is 94.3 Å². The maximum atomic E-state index is 11.0. The summed E-state index contributed by atoms with van der Waals surface area (Å²) in [6, 6.07) is 7.17. The predicted molar refractivity (Wildman–Crippen MR) is 60.1 cm³/mol. The number of rotatable bonds is 3. The van der Waals surface area contributed by atoms with Gasteiger partial charge in [0.2, 0.25) is 0 Å². The Morgan fingerprint density at radius 3 is 2.81 bits per heavy atom. The second-order valence-corrected chi connectivity index (χ2v) is 3.88. The number of benzene rings is 1. The minimum atomic E-state index is -0.128. The SMILES string of the molecule is Nc1ccc(OCC2CCCC(=O)O2)cc1. The van der Waals surface area contributed by atoms with E-state index in [0.717, 1.165) is 18.6 Å². The predicted octanol–water partition coefficient (Wildman–Crippen LogP) is 1.74. The van der Waals surface area contributed by atoms with Gasteiger partial charge in [-0.2, -0.15) is 0 Å². The Hall–Kier alpha value is -1.71. The number of hydrogen-bond donors (Lipinski definition) is 1. The molecule has 0 aliphatic carbocycles. The Morgan fingerprint density at radius 2 is 2.12 bits per heavy atom. The normalized spacial score (nSPS) is 20.2. The first kappa shape index (κ1) is 10.8. The summed E-state index contributed by atoms with van der Waals surface area (Å²) in [5.41, 5.74) is 6.26. The highest BCUT2D eigenvalue weighted by Crippen LogP contribution is 2.17. The molecule has 4 heteroatoms. The van der Waals surface area contributed by atoms with Crippen molar-refractivity contribution in [2.75, 3.05) is 12.3 Å². The van der Waals surface area contributed by atoms with Gasteiger partial charge in [-0.15, -0.1) is 0 Å². The van der Waals surface area contributed by atoms with Gasteiger partial charge < -0.3 is 15.2 Å². The monoisotopic (exact) mass is 221 g/mol. The molecule has 86 valence electrons. The van der Waals surface area contributed by atoms with Crippen LogP contribution in [0.25, 0.3) is 0 Å². The summed E-state index contributed by atoms with van der Waals surface area (Å²) in [7, 11) is 0. The van der Waals surface area contributed by atoms with Crippen molar-refractivity contribution >= 4 is 11.7 Å². The van der Waals surface area contributed by atoms with E-state index in [0.29, 0.717) is 18.7 Å². The van der Waals surface area contributed by atoms with E-state index in [-0.39, 0.29) is 12.1 Å². The first-order valence-corrected chi connectivity index (χ1v) is 5.42. The fourth-order valence-electron chi connectivity index (χ4n) is 1.65. The molecule has 1 aliphatic rings. The van der Waals surface area contributed by atoms with Gasteiger partial charge in [0.25, 0.3) is 0 Å². The molecule has 1 aliphatic heterocycles. The lowest BCUT2D eigenvalue weighted by molar-refractivity contribution is -0.155. The van der Waals surface area contributed by atoms with E-state index in [4.69, 9.17) is 15.2 Å². The van der Waals surface area contributed by atoms with Crippen molar-refractivity contribution < 1.29 is 14.3 Å². The second-order valence-electron chi connectivity index (χ2n) is 3.88. The van der Waals surface area contributed by atoms with Crippen molar-refractivity contribution in [2.24, 2.45) is 0 Å². The fourth-order valence-corrected chi connectivity index (χ4v) is 1.65. The Bertz CT molecular complexity index is 361. The van der Waals surface area contributed by atoms with Crippen LogP contribution in [0, 0.1) is 0 Å². The zero-order chi connectivity index (χ0) is 11.4. The average Bonchev–Trinajstić information content (AvgIpc) is 2.28. The average molecular weight is 221 g/mol. The lowest BCUT2D eigenvalue weighted by atomic mass is 10.1. The van der Waals surface area contributed by atoms with Gasteiger partial charge in [0.15, 0.2) is 0 Å². The van der Waals surface area contributed by atoms with Gasteiger partial charge >= 0.3 is 5.97 Å². The van der Waals surface area contributed by atoms with Gasteiger partial charge in [0.05, 0.1) is 0 Å². The van der Waals surface area contributed by atoms with Crippen LogP contribution in [0.1, 0.15) is 19.3 Å². The summed E-state index contributed by atoms with van der Waals surface area (Å²) >= 11 is 0. The third-order valence-corrected chi connectivity index (χ3v) is 2.52. The molecule has 0 bridgehead atoms. The van der Waals surface area contributed by atoms with Crippen molar-refractivity contribution in [1.82, 2.24) is 0 Å². The lowest BCUT2D eigenvalue weighted by Crippen LogP contribution is -2.28. The Kier molecular flexibility index (Phi) is 3.29. The van der Waals surface area contributed by atoms with Crippen LogP contribution in [0.3, 0.4) is 0 Å². The molecule has 0 radical (unpaired) electrons. The quantitative estimate of drug-likeness (QED) is 0.624. The molecule has 1 fully saturated rings. The highest BCUT2D eigenvalue weighted by molar-refractivity contribution is 5.70. The number of carbonyl (C=O) groups is 1. The minimum absolute atomic E-state index is 0.112. The molecule has 0 saturated carbocycles. The number of esters is 1. The molecule has 0 amide bonds. The minimum Gasteiger partial charge on any atom is -0.490 e. The molecule has 1 atom stereocenters. The van der Waals surface area contributed by atoms with Gasteiger partial charge in [-0.25, -0.2) is 0 Å². The standard InChI is InChI=1S/C12H15NO3/c13-9-4-6-10(7-5-9)15-8-11-2-1-3-12(14)16-11/h4-7,11H,1-3,8,13H2. The maximum absolute atomic E-state index is 11.0. The van der Waals surface area contributed by atoms with Crippen LogP contribution in [-0.4, -0.2) is 18.7 Å². The summed E-state index contributed by atoms with van der Waals surface area (Å²) in [6.45, 7) is 0.412. The number of cyclic esters (lactones) is 1. The summed E-state index contributed by atoms with van der Waals surface area (Å²) < 4.78 is 10.7. The van der Waals surface area contributed by atoms with Crippen LogP contribution in [-0.2, 0) is 9.53 Å². The van der Waals surface area contributed by atoms with Crippen molar-refractivity contribution in [3.05, 3.63) is 24.3 Å². The molecule has 1 saturated heterocycles. The fraction of sp³-hybridized carbons (Fsp3) is 0.417. The van der Waals surface area contributed by atoms with Crippen LogP contribution < -0.4 is 10.5 Å². The summed E-state index contributed by atoms with van der Waals surface area (Å²) in [4.78, 5) is 11.0. The molecule has 4 nitrogen and oxygen atoms in total. The Morgan fingerprint density at radius 1 is 1.38 bits per heavy atom. The van der Waals surface area contributed by atoms with Gasteiger partial charge in [0, 0.05) is 12.1 Å². The summed E-state index contributed by atoms with van der Waals surface area (Å²) in [5.74, 6) is 0.618. The largest absolute Gasteiger partial charge is 0.490 e. The number of anilines is 1. The third kappa shape index (κ3) is 2.89. The van der Waals surface area contributed by atoms with E-state index in [9.17, 15) is 4.79 Å². The van der Waals surface area contributed by atoms with Crippen LogP contribution in [0.15, 0.2) is 24.3 Å². The smallest absolute Gasteiger partial charge is 0.306 e.